The van der Waals surface area contributed by atoms with Gasteiger partial charge in [-0.3, -0.25) is 9.69 Å². The lowest BCUT2D eigenvalue weighted by Crippen LogP contribution is -2.32. The Hall–Kier alpha value is -2.15. The molecule has 3 rings (SSSR count). The fourth-order valence-electron chi connectivity index (χ4n) is 2.55. The minimum Gasteiger partial charge on any atom is -0.376 e. The summed E-state index contributed by atoms with van der Waals surface area (Å²) in [6.45, 7) is 1.57. The highest BCUT2D eigenvalue weighted by Gasteiger charge is 2.18. The van der Waals surface area contributed by atoms with E-state index >= 15 is 0 Å². The number of thioether (sulfide) groups is 1. The average Bonchev–Trinajstić information content (AvgIpc) is 3.35. The van der Waals surface area contributed by atoms with Crippen LogP contribution in [0.2, 0.25) is 0 Å². The van der Waals surface area contributed by atoms with Crippen LogP contribution in [0.1, 0.15) is 12.8 Å². The molecule has 1 amide bonds. The number of anilines is 2. The third-order valence-corrected chi connectivity index (χ3v) is 5.83. The Kier molecular flexibility index (Phi) is 6.82. The van der Waals surface area contributed by atoms with Crippen LogP contribution in [-0.4, -0.2) is 47.7 Å². The van der Waals surface area contributed by atoms with Gasteiger partial charge in [0.2, 0.25) is 11.0 Å². The molecule has 2 aromatic rings. The molecule has 0 radical (unpaired) electrons. The molecule has 1 fully saturated rings. The topological polar surface area (TPSA) is 91.1 Å². The highest BCUT2D eigenvalue weighted by atomic mass is 32.2. The van der Waals surface area contributed by atoms with E-state index in [0.717, 1.165) is 41.2 Å². The number of nitrogens with zero attached hydrogens (tertiary/aromatic N) is 4. The first-order valence-corrected chi connectivity index (χ1v) is 10.1. The van der Waals surface area contributed by atoms with Gasteiger partial charge in [-0.2, -0.15) is 5.26 Å². The maximum atomic E-state index is 12.5. The van der Waals surface area contributed by atoms with Crippen molar-refractivity contribution in [2.45, 2.75) is 23.3 Å². The number of aromatic nitrogens is 2. The Balaban J connectivity index is 1.51. The number of hydrogen-bond donors (Lipinski definition) is 1. The normalized spacial score (nSPS) is 16.2. The van der Waals surface area contributed by atoms with Crippen molar-refractivity contribution in [2.75, 3.05) is 35.7 Å². The highest BCUT2D eigenvalue weighted by molar-refractivity contribution is 8.01. The first-order valence-electron chi connectivity index (χ1n) is 8.30. The molecule has 0 spiro atoms. The number of carbonyl (C=O) groups is 1. The summed E-state index contributed by atoms with van der Waals surface area (Å²) < 4.78 is 6.28. The number of amides is 1. The van der Waals surface area contributed by atoms with Gasteiger partial charge < -0.3 is 10.1 Å². The summed E-state index contributed by atoms with van der Waals surface area (Å²) in [6.07, 6.45) is 2.41. The molecule has 136 valence electrons. The van der Waals surface area contributed by atoms with Crippen molar-refractivity contribution in [1.29, 1.82) is 5.26 Å². The van der Waals surface area contributed by atoms with E-state index in [9.17, 15) is 4.79 Å². The Morgan fingerprint density at radius 3 is 3.00 bits per heavy atom. The van der Waals surface area contributed by atoms with E-state index in [0.29, 0.717) is 0 Å². The fraction of sp³-hybridized carbons (Fsp3) is 0.412. The zero-order chi connectivity index (χ0) is 18.2. The van der Waals surface area contributed by atoms with E-state index in [1.165, 1.54) is 28.0 Å². The second kappa shape index (κ2) is 9.52. The van der Waals surface area contributed by atoms with Gasteiger partial charge in [-0.15, -0.1) is 10.2 Å². The van der Waals surface area contributed by atoms with Gasteiger partial charge in [0, 0.05) is 18.8 Å². The number of para-hydroxylation sites is 1. The fourth-order valence-corrected chi connectivity index (χ4v) is 4.18. The SMILES string of the molecule is N#CCN(C(=O)CSc1nnc(NC[C@H]2CCCO2)s1)c1ccccc1. The second-order valence-electron chi connectivity index (χ2n) is 5.65. The van der Waals surface area contributed by atoms with Gasteiger partial charge in [0.1, 0.15) is 6.54 Å². The van der Waals surface area contributed by atoms with Crippen LogP contribution in [0.25, 0.3) is 0 Å². The van der Waals surface area contributed by atoms with Gasteiger partial charge in [0.15, 0.2) is 4.34 Å². The molecular weight excluding hydrogens is 370 g/mol. The largest absolute Gasteiger partial charge is 0.376 e. The van der Waals surface area contributed by atoms with Crippen molar-refractivity contribution in [2.24, 2.45) is 0 Å². The molecular formula is C17H19N5O2S2. The van der Waals surface area contributed by atoms with Crippen molar-refractivity contribution < 1.29 is 9.53 Å². The number of benzene rings is 1. The molecule has 0 unspecified atom stereocenters. The minimum atomic E-state index is -0.133. The van der Waals surface area contributed by atoms with Crippen molar-refractivity contribution in [3.63, 3.8) is 0 Å². The third kappa shape index (κ3) is 5.17. The van der Waals surface area contributed by atoms with Crippen molar-refractivity contribution in [3.8, 4) is 6.07 Å². The van der Waals surface area contributed by atoms with E-state index in [4.69, 9.17) is 10.00 Å². The summed E-state index contributed by atoms with van der Waals surface area (Å²) in [5.41, 5.74) is 0.718. The molecule has 1 saturated heterocycles. The van der Waals surface area contributed by atoms with E-state index in [2.05, 4.69) is 15.5 Å². The maximum Gasteiger partial charge on any atom is 0.238 e. The zero-order valence-electron chi connectivity index (χ0n) is 14.1. The second-order valence-corrected chi connectivity index (χ2v) is 7.85. The van der Waals surface area contributed by atoms with Crippen LogP contribution in [0.5, 0.6) is 0 Å². The average molecular weight is 390 g/mol. The standard InChI is InChI=1S/C17H19N5O2S2/c18-8-9-22(13-5-2-1-3-6-13)15(23)12-25-17-21-20-16(26-17)19-11-14-7-4-10-24-14/h1-3,5-6,14H,4,7,9-12H2,(H,19,20)/t14-/m1/s1. The van der Waals surface area contributed by atoms with E-state index < -0.39 is 0 Å². The first-order chi connectivity index (χ1) is 12.8. The number of carbonyl (C=O) groups excluding carboxylic acids is 1. The lowest BCUT2D eigenvalue weighted by Gasteiger charge is -2.19. The van der Waals surface area contributed by atoms with Crippen LogP contribution >= 0.6 is 23.1 Å². The Bertz CT molecular complexity index is 756. The number of hydrogen-bond acceptors (Lipinski definition) is 8. The predicted molar refractivity (Wildman–Crippen MR) is 103 cm³/mol. The van der Waals surface area contributed by atoms with Crippen molar-refractivity contribution >= 4 is 39.8 Å². The first kappa shape index (κ1) is 18.6. The summed E-state index contributed by atoms with van der Waals surface area (Å²) in [4.78, 5) is 14.0. The van der Waals surface area contributed by atoms with Gasteiger partial charge in [-0.1, -0.05) is 41.3 Å². The van der Waals surface area contributed by atoms with Gasteiger partial charge in [0.25, 0.3) is 0 Å². The number of ether oxygens (including phenoxy) is 1. The Labute approximate surface area is 160 Å². The summed E-state index contributed by atoms with van der Waals surface area (Å²) >= 11 is 2.75. The molecule has 0 bridgehead atoms. The minimum absolute atomic E-state index is 0.0215. The Morgan fingerprint density at radius 2 is 2.27 bits per heavy atom. The van der Waals surface area contributed by atoms with Gasteiger partial charge in [0.05, 0.1) is 17.9 Å². The number of nitriles is 1. The molecule has 1 N–H and O–H groups in total. The van der Waals surface area contributed by atoms with E-state index in [1.54, 1.807) is 0 Å². The molecule has 7 nitrogen and oxygen atoms in total. The molecule has 2 heterocycles. The van der Waals surface area contributed by atoms with Gasteiger partial charge in [-0.25, -0.2) is 0 Å². The smallest absolute Gasteiger partial charge is 0.238 e. The summed E-state index contributed by atoms with van der Waals surface area (Å²) in [5, 5.41) is 21.2. The maximum absolute atomic E-state index is 12.5. The third-order valence-electron chi connectivity index (χ3n) is 3.83. The quantitative estimate of drug-likeness (QED) is 0.548. The van der Waals surface area contributed by atoms with E-state index in [-0.39, 0.29) is 24.3 Å². The molecule has 1 aromatic heterocycles. The molecule has 0 aliphatic carbocycles. The summed E-state index contributed by atoms with van der Waals surface area (Å²) in [7, 11) is 0. The summed E-state index contributed by atoms with van der Waals surface area (Å²) in [6, 6.07) is 11.2. The van der Waals surface area contributed by atoms with Crippen LogP contribution in [0.4, 0.5) is 10.8 Å². The van der Waals surface area contributed by atoms with Crippen LogP contribution in [0.15, 0.2) is 34.7 Å². The molecule has 1 aromatic carbocycles. The highest BCUT2D eigenvalue weighted by Crippen LogP contribution is 2.26. The van der Waals surface area contributed by atoms with Gasteiger partial charge in [-0.05, 0) is 25.0 Å². The van der Waals surface area contributed by atoms with E-state index in [1.807, 2.05) is 36.4 Å². The zero-order valence-corrected chi connectivity index (χ0v) is 15.8. The molecule has 1 aliphatic rings. The van der Waals surface area contributed by atoms with Gasteiger partial charge >= 0.3 is 0 Å². The van der Waals surface area contributed by atoms with Crippen molar-refractivity contribution in [1.82, 2.24) is 10.2 Å². The molecule has 0 saturated carbocycles. The molecule has 1 atom stereocenters. The lowest BCUT2D eigenvalue weighted by molar-refractivity contribution is -0.116. The summed E-state index contributed by atoms with van der Waals surface area (Å²) in [5.74, 6) is 0.0727. The monoisotopic (exact) mass is 389 g/mol. The number of rotatable bonds is 8. The Morgan fingerprint density at radius 1 is 1.42 bits per heavy atom. The van der Waals surface area contributed by atoms with Crippen LogP contribution in [-0.2, 0) is 9.53 Å². The molecule has 26 heavy (non-hydrogen) atoms. The van der Waals surface area contributed by atoms with Crippen LogP contribution < -0.4 is 10.2 Å². The van der Waals surface area contributed by atoms with Crippen LogP contribution in [0, 0.1) is 11.3 Å². The lowest BCUT2D eigenvalue weighted by atomic mass is 10.2. The van der Waals surface area contributed by atoms with Crippen LogP contribution in [0.3, 0.4) is 0 Å². The molecule has 1 aliphatic heterocycles. The van der Waals surface area contributed by atoms with Crippen molar-refractivity contribution in [3.05, 3.63) is 30.3 Å². The predicted octanol–water partition coefficient (Wildman–Crippen LogP) is 2.78. The number of nitrogens with one attached hydrogen (secondary N) is 1. The molecule has 9 heteroatoms.